The van der Waals surface area contributed by atoms with Gasteiger partial charge in [0.2, 0.25) is 0 Å². The number of nitrogens with two attached hydrogens (primary N) is 1. The summed E-state index contributed by atoms with van der Waals surface area (Å²) in [6, 6.07) is 8.04. The fraction of sp³-hybridized carbons (Fsp3) is 0.556. The Labute approximate surface area is 138 Å². The third-order valence-electron chi connectivity index (χ3n) is 3.87. The van der Waals surface area contributed by atoms with E-state index in [0.717, 1.165) is 48.7 Å². The fourth-order valence-electron chi connectivity index (χ4n) is 2.59. The normalized spacial score (nSPS) is 10.9. The first-order valence-electron chi connectivity index (χ1n) is 8.66. The molecule has 0 fully saturated rings. The minimum Gasteiger partial charge on any atom is -0.494 e. The maximum Gasteiger partial charge on any atom is 0.119 e. The van der Waals surface area contributed by atoms with E-state index in [1.54, 1.807) is 0 Å². The van der Waals surface area contributed by atoms with Gasteiger partial charge in [0.25, 0.3) is 0 Å². The zero-order valence-corrected chi connectivity index (χ0v) is 14.3. The van der Waals surface area contributed by atoms with Gasteiger partial charge in [0.15, 0.2) is 0 Å². The molecule has 126 valence electrons. The van der Waals surface area contributed by atoms with Gasteiger partial charge in [-0.1, -0.05) is 44.7 Å². The topological polar surface area (TPSA) is 66.0 Å². The summed E-state index contributed by atoms with van der Waals surface area (Å²) in [7, 11) is 0. The zero-order chi connectivity index (χ0) is 16.5. The Hall–Kier alpha value is -1.88. The molecule has 0 saturated carbocycles. The predicted octanol–water partition coefficient (Wildman–Crippen LogP) is 3.64. The number of benzene rings is 1. The third-order valence-corrected chi connectivity index (χ3v) is 3.87. The van der Waals surface area contributed by atoms with Gasteiger partial charge < -0.3 is 10.5 Å². The average Bonchev–Trinajstić information content (AvgIpc) is 2.98. The fourth-order valence-corrected chi connectivity index (χ4v) is 2.59. The number of unbranched alkanes of at least 4 members (excludes halogenated alkanes) is 3. The van der Waals surface area contributed by atoms with E-state index in [1.807, 2.05) is 28.9 Å². The lowest BCUT2D eigenvalue weighted by atomic mass is 10.2. The van der Waals surface area contributed by atoms with Crippen LogP contribution in [-0.2, 0) is 13.0 Å². The molecule has 5 heteroatoms. The molecule has 0 spiro atoms. The van der Waals surface area contributed by atoms with Crippen LogP contribution in [0.5, 0.6) is 5.75 Å². The standard InChI is InChI=1S/C18H28N4O/c1-3-5-6-7-13-23-16-11-9-15(10-12-16)22-18(8-4-2)17(14-19)20-21-22/h9-12H,3-8,13-14,19H2,1-2H3. The summed E-state index contributed by atoms with van der Waals surface area (Å²) in [5.41, 5.74) is 8.73. The van der Waals surface area contributed by atoms with Crippen LogP contribution in [0.1, 0.15) is 57.3 Å². The molecule has 1 heterocycles. The predicted molar refractivity (Wildman–Crippen MR) is 92.9 cm³/mol. The van der Waals surface area contributed by atoms with Gasteiger partial charge in [-0.3, -0.25) is 0 Å². The monoisotopic (exact) mass is 316 g/mol. The molecule has 0 aliphatic carbocycles. The number of nitrogens with zero attached hydrogens (tertiary/aromatic N) is 3. The molecule has 0 atom stereocenters. The zero-order valence-electron chi connectivity index (χ0n) is 14.3. The Morgan fingerprint density at radius 3 is 2.48 bits per heavy atom. The average molecular weight is 316 g/mol. The van der Waals surface area contributed by atoms with Gasteiger partial charge in [0.05, 0.1) is 23.7 Å². The van der Waals surface area contributed by atoms with Gasteiger partial charge in [-0.25, -0.2) is 4.68 Å². The van der Waals surface area contributed by atoms with E-state index in [9.17, 15) is 0 Å². The van der Waals surface area contributed by atoms with Crippen molar-refractivity contribution < 1.29 is 4.74 Å². The quantitative estimate of drug-likeness (QED) is 0.680. The maximum atomic E-state index is 5.78. The smallest absolute Gasteiger partial charge is 0.119 e. The van der Waals surface area contributed by atoms with Crippen LogP contribution in [0.3, 0.4) is 0 Å². The summed E-state index contributed by atoms with van der Waals surface area (Å²) in [5.74, 6) is 0.904. The molecule has 1 aromatic carbocycles. The first-order valence-corrected chi connectivity index (χ1v) is 8.66. The molecule has 2 N–H and O–H groups in total. The minimum atomic E-state index is 0.425. The maximum absolute atomic E-state index is 5.78. The van der Waals surface area contributed by atoms with E-state index in [-0.39, 0.29) is 0 Å². The van der Waals surface area contributed by atoms with Crippen molar-refractivity contribution in [1.29, 1.82) is 0 Å². The molecule has 23 heavy (non-hydrogen) atoms. The van der Waals surface area contributed by atoms with Crippen molar-refractivity contribution >= 4 is 0 Å². The Bertz CT molecular complexity index is 577. The number of rotatable bonds is 10. The van der Waals surface area contributed by atoms with Crippen molar-refractivity contribution in [3.05, 3.63) is 35.7 Å². The van der Waals surface area contributed by atoms with Crippen molar-refractivity contribution in [2.24, 2.45) is 5.73 Å². The van der Waals surface area contributed by atoms with Crippen LogP contribution >= 0.6 is 0 Å². The Morgan fingerprint density at radius 1 is 1.04 bits per heavy atom. The summed E-state index contributed by atoms with van der Waals surface area (Å²) >= 11 is 0. The van der Waals surface area contributed by atoms with Crippen molar-refractivity contribution in [1.82, 2.24) is 15.0 Å². The SMILES string of the molecule is CCCCCCOc1ccc(-n2nnc(CN)c2CCC)cc1. The van der Waals surface area contributed by atoms with Crippen molar-refractivity contribution in [2.75, 3.05) is 6.61 Å². The summed E-state index contributed by atoms with van der Waals surface area (Å²) < 4.78 is 7.67. The highest BCUT2D eigenvalue weighted by atomic mass is 16.5. The summed E-state index contributed by atoms with van der Waals surface area (Å²) in [5, 5.41) is 8.43. The van der Waals surface area contributed by atoms with Gasteiger partial charge in [0, 0.05) is 6.54 Å². The lowest BCUT2D eigenvalue weighted by Gasteiger charge is -2.09. The number of hydrogen-bond acceptors (Lipinski definition) is 4. The highest BCUT2D eigenvalue weighted by molar-refractivity contribution is 5.38. The molecule has 0 unspecified atom stereocenters. The van der Waals surface area contributed by atoms with E-state index < -0.39 is 0 Å². The van der Waals surface area contributed by atoms with Crippen molar-refractivity contribution in [2.45, 2.75) is 58.9 Å². The second kappa shape index (κ2) is 9.30. The minimum absolute atomic E-state index is 0.425. The molecule has 0 radical (unpaired) electrons. The number of aromatic nitrogens is 3. The van der Waals surface area contributed by atoms with Gasteiger partial charge in [-0.05, 0) is 37.1 Å². The lowest BCUT2D eigenvalue weighted by molar-refractivity contribution is 0.305. The van der Waals surface area contributed by atoms with Gasteiger partial charge in [0.1, 0.15) is 5.75 Å². The molecule has 0 aliphatic heterocycles. The first-order chi connectivity index (χ1) is 11.3. The van der Waals surface area contributed by atoms with Crippen molar-refractivity contribution in [3.63, 3.8) is 0 Å². The van der Waals surface area contributed by atoms with Crippen LogP contribution in [-0.4, -0.2) is 21.6 Å². The Kier molecular flexibility index (Phi) is 7.07. The second-order valence-electron chi connectivity index (χ2n) is 5.75. The van der Waals surface area contributed by atoms with Crippen LogP contribution in [0.25, 0.3) is 5.69 Å². The lowest BCUT2D eigenvalue weighted by Crippen LogP contribution is -2.06. The van der Waals surface area contributed by atoms with Gasteiger partial charge in [-0.15, -0.1) is 5.10 Å². The highest BCUT2D eigenvalue weighted by Crippen LogP contribution is 2.18. The largest absolute Gasteiger partial charge is 0.494 e. The molecule has 0 amide bonds. The molecule has 0 bridgehead atoms. The number of hydrogen-bond donors (Lipinski definition) is 1. The second-order valence-corrected chi connectivity index (χ2v) is 5.75. The van der Waals surface area contributed by atoms with E-state index in [4.69, 9.17) is 10.5 Å². The summed E-state index contributed by atoms with van der Waals surface area (Å²) in [6.07, 6.45) is 6.83. The van der Waals surface area contributed by atoms with E-state index in [0.29, 0.717) is 6.54 Å². The molecule has 0 saturated heterocycles. The van der Waals surface area contributed by atoms with Crippen LogP contribution in [0.2, 0.25) is 0 Å². The third kappa shape index (κ3) is 4.79. The molecular formula is C18H28N4O. The van der Waals surface area contributed by atoms with Crippen LogP contribution < -0.4 is 10.5 Å². The molecule has 2 aromatic rings. The Morgan fingerprint density at radius 2 is 1.83 bits per heavy atom. The van der Waals surface area contributed by atoms with Crippen LogP contribution in [0.4, 0.5) is 0 Å². The van der Waals surface area contributed by atoms with E-state index in [2.05, 4.69) is 24.2 Å². The van der Waals surface area contributed by atoms with Gasteiger partial charge in [-0.2, -0.15) is 0 Å². The van der Waals surface area contributed by atoms with Crippen molar-refractivity contribution in [3.8, 4) is 11.4 Å². The van der Waals surface area contributed by atoms with Crippen LogP contribution in [0.15, 0.2) is 24.3 Å². The molecule has 2 rings (SSSR count). The first kappa shape index (κ1) is 17.5. The molecule has 5 nitrogen and oxygen atoms in total. The molecule has 1 aromatic heterocycles. The highest BCUT2D eigenvalue weighted by Gasteiger charge is 2.12. The Balaban J connectivity index is 2.00. The summed E-state index contributed by atoms with van der Waals surface area (Å²) in [4.78, 5) is 0. The van der Waals surface area contributed by atoms with E-state index >= 15 is 0 Å². The van der Waals surface area contributed by atoms with E-state index in [1.165, 1.54) is 19.3 Å². The van der Waals surface area contributed by atoms with Crippen LogP contribution in [0, 0.1) is 0 Å². The molecular weight excluding hydrogens is 288 g/mol. The summed E-state index contributed by atoms with van der Waals surface area (Å²) in [6.45, 7) is 5.56. The number of ether oxygens (including phenoxy) is 1. The van der Waals surface area contributed by atoms with Gasteiger partial charge >= 0.3 is 0 Å². The molecule has 0 aliphatic rings.